The zero-order valence-electron chi connectivity index (χ0n) is 16.0. The Morgan fingerprint density at radius 2 is 2.00 bits per heavy atom. The van der Waals surface area contributed by atoms with E-state index in [1.54, 1.807) is 4.90 Å². The summed E-state index contributed by atoms with van der Waals surface area (Å²) in [6.45, 7) is 6.12. The molecule has 1 aliphatic rings. The van der Waals surface area contributed by atoms with Crippen LogP contribution in [0.3, 0.4) is 0 Å². The number of nitrogens with zero attached hydrogens (tertiary/aromatic N) is 4. The van der Waals surface area contributed by atoms with Gasteiger partial charge in [-0.15, -0.1) is 24.0 Å². The number of carbonyl (C=O) groups is 1. The molecule has 6 nitrogen and oxygen atoms in total. The monoisotopic (exact) mass is 453 g/mol. The van der Waals surface area contributed by atoms with Crippen LogP contribution in [-0.2, 0) is 4.79 Å². The third-order valence-corrected chi connectivity index (χ3v) is 4.42. The molecule has 0 aromatic carbocycles. The van der Waals surface area contributed by atoms with E-state index in [0.717, 1.165) is 51.4 Å². The van der Waals surface area contributed by atoms with Gasteiger partial charge in [-0.3, -0.25) is 14.7 Å². The second-order valence-electron chi connectivity index (χ2n) is 6.53. The van der Waals surface area contributed by atoms with Gasteiger partial charge in [0.15, 0.2) is 5.96 Å². The van der Waals surface area contributed by atoms with E-state index in [9.17, 15) is 4.79 Å². The Bertz CT molecular complexity index is 389. The van der Waals surface area contributed by atoms with Crippen molar-refractivity contribution >= 4 is 35.8 Å². The summed E-state index contributed by atoms with van der Waals surface area (Å²) >= 11 is 0. The van der Waals surface area contributed by atoms with Crippen LogP contribution in [-0.4, -0.2) is 87.0 Å². The number of hydrogen-bond acceptors (Lipinski definition) is 3. The van der Waals surface area contributed by atoms with Crippen LogP contribution in [0.15, 0.2) is 4.99 Å². The molecule has 0 aliphatic carbocycles. The van der Waals surface area contributed by atoms with E-state index in [-0.39, 0.29) is 35.9 Å². The third kappa shape index (κ3) is 7.55. The molecule has 1 amide bonds. The summed E-state index contributed by atoms with van der Waals surface area (Å²) < 4.78 is 0. The smallest absolute Gasteiger partial charge is 0.239 e. The highest BCUT2D eigenvalue weighted by atomic mass is 127. The topological polar surface area (TPSA) is 51.2 Å². The molecular formula is C17H36IN5O. The first kappa shape index (κ1) is 23.4. The van der Waals surface area contributed by atoms with Crippen LogP contribution in [0.25, 0.3) is 0 Å². The van der Waals surface area contributed by atoms with E-state index in [2.05, 4.69) is 34.1 Å². The van der Waals surface area contributed by atoms with Crippen molar-refractivity contribution in [1.29, 1.82) is 0 Å². The Morgan fingerprint density at radius 3 is 2.58 bits per heavy atom. The van der Waals surface area contributed by atoms with Crippen molar-refractivity contribution in [3.05, 3.63) is 0 Å². The molecule has 0 aromatic heterocycles. The van der Waals surface area contributed by atoms with Crippen molar-refractivity contribution in [1.82, 2.24) is 20.0 Å². The number of likely N-dealkylation sites (tertiary alicyclic amines) is 1. The second kappa shape index (κ2) is 12.7. The van der Waals surface area contributed by atoms with Gasteiger partial charge in [0.25, 0.3) is 0 Å². The third-order valence-electron chi connectivity index (χ3n) is 4.42. The lowest BCUT2D eigenvalue weighted by Gasteiger charge is -2.26. The minimum atomic E-state index is 0. The summed E-state index contributed by atoms with van der Waals surface area (Å²) in [6, 6.07) is 0.0801. The van der Waals surface area contributed by atoms with Gasteiger partial charge in [-0.1, -0.05) is 13.3 Å². The molecule has 0 spiro atoms. The number of likely N-dealkylation sites (N-methyl/N-ethyl adjacent to an activating group) is 1. The quantitative estimate of drug-likeness (QED) is 0.264. The zero-order valence-corrected chi connectivity index (χ0v) is 18.4. The van der Waals surface area contributed by atoms with E-state index in [0.29, 0.717) is 0 Å². The van der Waals surface area contributed by atoms with Crippen molar-refractivity contribution in [2.24, 2.45) is 4.99 Å². The molecule has 0 radical (unpaired) electrons. The molecule has 1 aliphatic heterocycles. The van der Waals surface area contributed by atoms with E-state index in [1.165, 1.54) is 12.8 Å². The summed E-state index contributed by atoms with van der Waals surface area (Å²) in [7, 11) is 7.60. The lowest BCUT2D eigenvalue weighted by Crippen LogP contribution is -2.44. The number of nitrogens with one attached hydrogen (secondary N) is 1. The molecule has 0 saturated carbocycles. The second-order valence-corrected chi connectivity index (χ2v) is 6.53. The average molecular weight is 453 g/mol. The maximum atomic E-state index is 12.2. The number of guanidine groups is 1. The van der Waals surface area contributed by atoms with E-state index in [1.807, 2.05) is 21.1 Å². The molecule has 7 heteroatoms. The van der Waals surface area contributed by atoms with E-state index < -0.39 is 0 Å². The van der Waals surface area contributed by atoms with Crippen molar-refractivity contribution < 1.29 is 4.79 Å². The largest absolute Gasteiger partial charge is 0.356 e. The summed E-state index contributed by atoms with van der Waals surface area (Å²) in [5, 5.41) is 3.42. The van der Waals surface area contributed by atoms with Gasteiger partial charge in [0, 0.05) is 47.8 Å². The number of carbonyl (C=O) groups excluding carboxylic acids is 1. The number of unbranched alkanes of at least 4 members (excludes halogenated alkanes) is 1. The van der Waals surface area contributed by atoms with Gasteiger partial charge >= 0.3 is 0 Å². The minimum absolute atomic E-state index is 0. The fourth-order valence-corrected chi connectivity index (χ4v) is 3.04. The molecule has 1 saturated heterocycles. The summed E-state index contributed by atoms with van der Waals surface area (Å²) in [4.78, 5) is 22.7. The lowest BCUT2D eigenvalue weighted by atomic mass is 10.2. The van der Waals surface area contributed by atoms with Gasteiger partial charge in [0.05, 0.1) is 6.04 Å². The number of hydrogen-bond donors (Lipinski definition) is 1. The van der Waals surface area contributed by atoms with Crippen LogP contribution < -0.4 is 5.32 Å². The molecule has 1 rings (SSSR count). The lowest BCUT2D eigenvalue weighted by molar-refractivity contribution is -0.133. The van der Waals surface area contributed by atoms with Crippen molar-refractivity contribution in [2.75, 3.05) is 54.4 Å². The molecule has 1 fully saturated rings. The standard InChI is InChI=1S/C17H35N5O.HI/c1-6-7-12-21(5)17(18-2)19-11-9-14-22-13-8-10-15(22)16(23)20(3)4;/h15H,6-14H2,1-5H3,(H,18,19);1H. The molecule has 0 bridgehead atoms. The average Bonchev–Trinajstić information content (AvgIpc) is 3.00. The molecular weight excluding hydrogens is 417 g/mol. The predicted octanol–water partition coefficient (Wildman–Crippen LogP) is 1.85. The predicted molar refractivity (Wildman–Crippen MR) is 112 cm³/mol. The maximum Gasteiger partial charge on any atom is 0.239 e. The summed E-state index contributed by atoms with van der Waals surface area (Å²) in [6.07, 6.45) is 5.51. The van der Waals surface area contributed by atoms with Crippen LogP contribution in [0.1, 0.15) is 39.0 Å². The first-order valence-electron chi connectivity index (χ1n) is 8.88. The molecule has 142 valence electrons. The molecule has 1 atom stereocenters. The Hall–Kier alpha value is -0.570. The highest BCUT2D eigenvalue weighted by molar-refractivity contribution is 14.0. The van der Waals surface area contributed by atoms with E-state index in [4.69, 9.17) is 0 Å². The first-order valence-corrected chi connectivity index (χ1v) is 8.88. The van der Waals surface area contributed by atoms with Crippen LogP contribution in [0.5, 0.6) is 0 Å². The van der Waals surface area contributed by atoms with Gasteiger partial charge in [-0.05, 0) is 32.2 Å². The Morgan fingerprint density at radius 1 is 1.29 bits per heavy atom. The highest BCUT2D eigenvalue weighted by Gasteiger charge is 2.30. The van der Waals surface area contributed by atoms with Gasteiger partial charge in [0.2, 0.25) is 5.91 Å². The summed E-state index contributed by atoms with van der Waals surface area (Å²) in [5.41, 5.74) is 0. The Balaban J connectivity index is 0.00000529. The number of rotatable bonds is 8. The normalized spacial score (nSPS) is 18.2. The number of amides is 1. The fraction of sp³-hybridized carbons (Fsp3) is 0.882. The van der Waals surface area contributed by atoms with E-state index >= 15 is 0 Å². The zero-order chi connectivity index (χ0) is 17.2. The van der Waals surface area contributed by atoms with Crippen molar-refractivity contribution in [3.8, 4) is 0 Å². The molecule has 24 heavy (non-hydrogen) atoms. The van der Waals surface area contributed by atoms with Crippen molar-refractivity contribution in [2.45, 2.75) is 45.1 Å². The molecule has 1 N–H and O–H groups in total. The van der Waals surface area contributed by atoms with Crippen LogP contribution >= 0.6 is 24.0 Å². The van der Waals surface area contributed by atoms with Crippen LogP contribution in [0.2, 0.25) is 0 Å². The Kier molecular flexibility index (Phi) is 12.4. The summed E-state index contributed by atoms with van der Waals surface area (Å²) in [5.74, 6) is 1.20. The van der Waals surface area contributed by atoms with Crippen LogP contribution in [0.4, 0.5) is 0 Å². The first-order chi connectivity index (χ1) is 11.0. The highest BCUT2D eigenvalue weighted by Crippen LogP contribution is 2.18. The number of halogens is 1. The van der Waals surface area contributed by atoms with Gasteiger partial charge < -0.3 is 15.1 Å². The minimum Gasteiger partial charge on any atom is -0.356 e. The molecule has 1 unspecified atom stereocenters. The molecule has 0 aromatic rings. The maximum absolute atomic E-state index is 12.2. The van der Waals surface area contributed by atoms with Crippen molar-refractivity contribution in [3.63, 3.8) is 0 Å². The van der Waals surface area contributed by atoms with Gasteiger partial charge in [-0.25, -0.2) is 0 Å². The van der Waals surface area contributed by atoms with Gasteiger partial charge in [0.1, 0.15) is 0 Å². The van der Waals surface area contributed by atoms with Crippen LogP contribution in [0, 0.1) is 0 Å². The van der Waals surface area contributed by atoms with Gasteiger partial charge in [-0.2, -0.15) is 0 Å². The number of aliphatic imine (C=N–C) groups is 1. The Labute approximate surface area is 165 Å². The SMILES string of the molecule is CCCCN(C)C(=NC)NCCCN1CCCC1C(=O)N(C)C.I. The fourth-order valence-electron chi connectivity index (χ4n) is 3.04. The molecule has 1 heterocycles.